The number of epoxide rings is 1. The van der Waals surface area contributed by atoms with Gasteiger partial charge in [0.1, 0.15) is 34.7 Å². The number of alkyl carbamates (subject to hydrolysis) is 1. The van der Waals surface area contributed by atoms with E-state index < -0.39 is 64.7 Å². The van der Waals surface area contributed by atoms with Crippen molar-refractivity contribution in [2.75, 3.05) is 31.5 Å². The van der Waals surface area contributed by atoms with Gasteiger partial charge in [0.05, 0.1) is 34.7 Å². The van der Waals surface area contributed by atoms with Crippen LogP contribution in [0.3, 0.4) is 0 Å². The van der Waals surface area contributed by atoms with Crippen LogP contribution in [-0.2, 0) is 30.2 Å². The Kier molecular flexibility index (Phi) is 11.6. The number of nitro benzene ring substituents is 1. The van der Waals surface area contributed by atoms with Gasteiger partial charge in [-0.05, 0) is 66.0 Å². The Hall–Kier alpha value is -4.22. The van der Waals surface area contributed by atoms with Gasteiger partial charge in [-0.3, -0.25) is 25.5 Å². The number of carbonyl (C=O) groups is 3. The summed E-state index contributed by atoms with van der Waals surface area (Å²) in [6, 6.07) is 7.44. The normalized spacial score (nSPS) is 30.8. The Balaban J connectivity index is 1.53. The fraction of sp³-hybridized carbons (Fsp3) is 0.457. The van der Waals surface area contributed by atoms with Crippen LogP contribution in [-0.4, -0.2) is 85.1 Å². The highest BCUT2D eigenvalue weighted by Crippen LogP contribution is 2.49. The van der Waals surface area contributed by atoms with Crippen molar-refractivity contribution >= 4 is 62.7 Å². The predicted molar refractivity (Wildman–Crippen MR) is 194 cm³/mol. The molecule has 0 saturated carbocycles. The fourth-order valence-electron chi connectivity index (χ4n) is 6.61. The molecule has 3 heterocycles. The van der Waals surface area contributed by atoms with E-state index in [-0.39, 0.29) is 33.7 Å². The van der Waals surface area contributed by atoms with Gasteiger partial charge in [-0.2, -0.15) is 0 Å². The van der Waals surface area contributed by atoms with E-state index in [4.69, 9.17) is 35.3 Å². The van der Waals surface area contributed by atoms with E-state index in [2.05, 4.69) is 26.6 Å². The zero-order chi connectivity index (χ0) is 38.1. The topological polar surface area (TPSA) is 191 Å². The second-order valence-electron chi connectivity index (χ2n) is 13.2. The van der Waals surface area contributed by atoms with Gasteiger partial charge in [-0.1, -0.05) is 42.3 Å². The number of rotatable bonds is 5. The Bertz CT molecular complexity index is 1820. The second kappa shape index (κ2) is 15.4. The van der Waals surface area contributed by atoms with Gasteiger partial charge in [-0.15, -0.1) is 0 Å². The lowest BCUT2D eigenvalue weighted by molar-refractivity contribution is -0.385. The van der Waals surface area contributed by atoms with Crippen LogP contribution in [0.15, 0.2) is 58.6 Å². The Labute approximate surface area is 313 Å². The number of hydrogen-bond donors (Lipinski definition) is 3. The molecule has 280 valence electrons. The van der Waals surface area contributed by atoms with Crippen molar-refractivity contribution in [1.29, 1.82) is 0 Å². The van der Waals surface area contributed by atoms with E-state index in [1.165, 1.54) is 37.3 Å². The summed E-state index contributed by atoms with van der Waals surface area (Å²) in [5, 5.41) is 28.2. The first kappa shape index (κ1) is 39.0. The van der Waals surface area contributed by atoms with E-state index in [1.807, 2.05) is 13.0 Å². The number of allylic oxidation sites excluding steroid dienone is 3. The molecular weight excluding hydrogens is 768 g/mol. The maximum absolute atomic E-state index is 14.0. The molecule has 17 heteroatoms. The maximum Gasteiger partial charge on any atom is 0.412 e. The highest BCUT2D eigenvalue weighted by Gasteiger charge is 2.64. The molecule has 3 aliphatic heterocycles. The minimum atomic E-state index is -1.85. The SMILES string of the molecule is COc1cc2cc(c1Cl)N(C)C(=O)C[C@H](OC(=O)Nc1ccc([N+](=O)[O-])c(Br)c1)[C@]1(C)O[C@H]1[C@H](C)[C@@H]1C[C@@](O)(NC(=O)O1)[C@H](OC)/C=C/C=C(\C)C2. The molecule has 0 unspecified atom stereocenters. The Morgan fingerprint density at radius 1 is 1.25 bits per heavy atom. The number of amides is 3. The van der Waals surface area contributed by atoms with Crippen molar-refractivity contribution in [3.8, 4) is 5.75 Å². The molecule has 2 saturated heterocycles. The van der Waals surface area contributed by atoms with Crippen molar-refractivity contribution < 1.29 is 48.1 Å². The van der Waals surface area contributed by atoms with E-state index in [1.54, 1.807) is 45.2 Å². The molecule has 52 heavy (non-hydrogen) atoms. The molecule has 3 N–H and O–H groups in total. The molecule has 3 amide bonds. The summed E-state index contributed by atoms with van der Waals surface area (Å²) in [4.78, 5) is 52.2. The number of aliphatic hydroxyl groups is 1. The number of anilines is 2. The summed E-state index contributed by atoms with van der Waals surface area (Å²) in [6.45, 7) is 5.34. The maximum atomic E-state index is 14.0. The lowest BCUT2D eigenvalue weighted by Gasteiger charge is -2.42. The summed E-state index contributed by atoms with van der Waals surface area (Å²) in [6.07, 6.45) is -0.328. The molecule has 0 aliphatic carbocycles. The van der Waals surface area contributed by atoms with Crippen molar-refractivity contribution in [3.05, 3.63) is 79.3 Å². The van der Waals surface area contributed by atoms with Gasteiger partial charge in [0.25, 0.3) is 5.69 Å². The molecule has 0 radical (unpaired) electrons. The predicted octanol–water partition coefficient (Wildman–Crippen LogP) is 6.04. The largest absolute Gasteiger partial charge is 0.495 e. The molecule has 7 atom stereocenters. The van der Waals surface area contributed by atoms with Crippen molar-refractivity contribution in [2.24, 2.45) is 5.92 Å². The third-order valence-electron chi connectivity index (χ3n) is 9.59. The van der Waals surface area contributed by atoms with Crippen LogP contribution >= 0.6 is 27.5 Å². The molecule has 0 spiro atoms. The number of nitro groups is 1. The average molecular weight is 808 g/mol. The van der Waals surface area contributed by atoms with Gasteiger partial charge in [0.2, 0.25) is 5.91 Å². The zero-order valence-electron chi connectivity index (χ0n) is 29.3. The van der Waals surface area contributed by atoms with Gasteiger partial charge in [-0.25, -0.2) is 9.59 Å². The quantitative estimate of drug-likeness (QED) is 0.181. The number of nitrogens with one attached hydrogen (secondary N) is 2. The van der Waals surface area contributed by atoms with Crippen LogP contribution < -0.4 is 20.3 Å². The fourth-order valence-corrected chi connectivity index (χ4v) is 7.45. The van der Waals surface area contributed by atoms with Crippen LogP contribution in [0.2, 0.25) is 5.02 Å². The molecule has 2 aromatic carbocycles. The van der Waals surface area contributed by atoms with E-state index in [9.17, 15) is 29.6 Å². The third kappa shape index (κ3) is 8.20. The molecular formula is C35H40BrClN4O11. The number of methoxy groups -OCH3 is 2. The highest BCUT2D eigenvalue weighted by atomic mass is 79.9. The van der Waals surface area contributed by atoms with Crippen LogP contribution in [0.4, 0.5) is 26.7 Å². The van der Waals surface area contributed by atoms with Crippen LogP contribution in [0.5, 0.6) is 5.75 Å². The number of nitrogens with zero attached hydrogens (tertiary/aromatic N) is 2. The van der Waals surface area contributed by atoms with Gasteiger partial charge >= 0.3 is 12.2 Å². The molecule has 2 aromatic rings. The summed E-state index contributed by atoms with van der Waals surface area (Å²) < 4.78 is 29.0. The minimum Gasteiger partial charge on any atom is -0.495 e. The molecule has 3 aliphatic rings. The Morgan fingerprint density at radius 3 is 2.63 bits per heavy atom. The summed E-state index contributed by atoms with van der Waals surface area (Å²) in [5.41, 5.74) is -1.06. The smallest absolute Gasteiger partial charge is 0.412 e. The molecule has 5 rings (SSSR count). The summed E-state index contributed by atoms with van der Waals surface area (Å²) in [5.74, 6) is -0.685. The number of halogens is 2. The second-order valence-corrected chi connectivity index (χ2v) is 14.5. The van der Waals surface area contributed by atoms with Gasteiger partial charge in [0.15, 0.2) is 5.72 Å². The highest BCUT2D eigenvalue weighted by molar-refractivity contribution is 9.10. The third-order valence-corrected chi connectivity index (χ3v) is 10.6. The molecule has 0 aromatic heterocycles. The standard InChI is InChI=1S/C35H40BrClN4O11/c1-18-8-7-9-27(49-6)35(45)17-26(50-33(44)39-35)19(2)31-34(3,52-31)28(51-32(43)38-21-10-11-23(41(46)47)22(36)15-21)16-29(42)40(4)24-13-20(12-18)14-25(48-5)30(24)37/h7-11,13-15,19,26-28,31,45H,12,16-17H2,1-6H3,(H,38,43)(H,39,44)/b9-7+,18-8+/t19-,26+,27-,28+,31+,34+,35+/m1/s1. The van der Waals surface area contributed by atoms with Gasteiger partial charge in [0, 0.05) is 38.2 Å². The first-order valence-corrected chi connectivity index (χ1v) is 17.5. The van der Waals surface area contributed by atoms with Crippen molar-refractivity contribution in [1.82, 2.24) is 5.32 Å². The number of carbonyl (C=O) groups excluding carboxylic acids is 3. The van der Waals surface area contributed by atoms with Gasteiger partial charge < -0.3 is 33.7 Å². The van der Waals surface area contributed by atoms with E-state index in [0.29, 0.717) is 17.9 Å². The Morgan fingerprint density at radius 2 is 1.98 bits per heavy atom. The molecule has 2 fully saturated rings. The zero-order valence-corrected chi connectivity index (χ0v) is 31.6. The van der Waals surface area contributed by atoms with E-state index >= 15 is 0 Å². The first-order valence-electron chi connectivity index (χ1n) is 16.3. The monoisotopic (exact) mass is 806 g/mol. The lowest BCUT2D eigenvalue weighted by Crippen LogP contribution is -2.63. The minimum absolute atomic E-state index is 0.0752. The average Bonchev–Trinajstić information content (AvgIpc) is 3.77. The summed E-state index contributed by atoms with van der Waals surface area (Å²) in [7, 11) is 4.43. The van der Waals surface area contributed by atoms with E-state index in [0.717, 1.165) is 11.1 Å². The number of benzene rings is 2. The van der Waals surface area contributed by atoms with Crippen LogP contribution in [0.25, 0.3) is 0 Å². The summed E-state index contributed by atoms with van der Waals surface area (Å²) >= 11 is 9.85. The van der Waals surface area contributed by atoms with Crippen LogP contribution in [0, 0.1) is 16.0 Å². The van der Waals surface area contributed by atoms with Crippen LogP contribution in [0.1, 0.15) is 39.2 Å². The number of ether oxygens (including phenoxy) is 5. The molecule has 15 nitrogen and oxygen atoms in total. The van der Waals surface area contributed by atoms with Crippen molar-refractivity contribution in [3.63, 3.8) is 0 Å². The number of fused-ring (bicyclic) bond motifs is 5. The first-order chi connectivity index (χ1) is 24.5. The number of hydrogen-bond acceptors (Lipinski definition) is 11. The molecule has 4 bridgehead atoms. The lowest BCUT2D eigenvalue weighted by atomic mass is 9.83. The van der Waals surface area contributed by atoms with Crippen molar-refractivity contribution in [2.45, 2.75) is 75.8 Å².